The van der Waals surface area contributed by atoms with Crippen molar-refractivity contribution in [1.29, 1.82) is 0 Å². The number of benzene rings is 2. The molecule has 1 heteroatoms. The Bertz CT molecular complexity index is 606. The van der Waals surface area contributed by atoms with Gasteiger partial charge in [0.15, 0.2) is 0 Å². The molecule has 0 amide bonds. The van der Waals surface area contributed by atoms with E-state index in [9.17, 15) is 4.39 Å². The lowest BCUT2D eigenvalue weighted by Gasteiger charge is -2.19. The van der Waals surface area contributed by atoms with E-state index in [0.29, 0.717) is 5.92 Å². The average Bonchev–Trinajstić information content (AvgIpc) is 2.49. The Morgan fingerprint density at radius 1 is 0.895 bits per heavy atom. The standard InChI is InChI=1S/C18H15F/c19-18-11-9-15(10-12-18)17-8-4-7-16(13-17)14-5-2-1-3-6-14/h1-12,16H,13H2. The average molecular weight is 250 g/mol. The Hall–Kier alpha value is -2.15. The largest absolute Gasteiger partial charge is 0.207 e. The molecule has 2 aromatic rings. The third-order valence-corrected chi connectivity index (χ3v) is 3.52. The smallest absolute Gasteiger partial charge is 0.123 e. The first-order valence-electron chi connectivity index (χ1n) is 6.51. The van der Waals surface area contributed by atoms with Gasteiger partial charge in [-0.1, -0.05) is 60.7 Å². The summed E-state index contributed by atoms with van der Waals surface area (Å²) >= 11 is 0. The summed E-state index contributed by atoms with van der Waals surface area (Å²) in [4.78, 5) is 0. The third kappa shape index (κ3) is 2.65. The zero-order valence-electron chi connectivity index (χ0n) is 10.6. The summed E-state index contributed by atoms with van der Waals surface area (Å²) in [6.45, 7) is 0. The van der Waals surface area contributed by atoms with Gasteiger partial charge in [-0.25, -0.2) is 4.39 Å². The molecular weight excluding hydrogens is 235 g/mol. The van der Waals surface area contributed by atoms with E-state index in [1.807, 2.05) is 18.2 Å². The lowest BCUT2D eigenvalue weighted by Crippen LogP contribution is -2.00. The summed E-state index contributed by atoms with van der Waals surface area (Å²) in [5.41, 5.74) is 3.69. The number of rotatable bonds is 2. The van der Waals surface area contributed by atoms with Gasteiger partial charge in [0.1, 0.15) is 5.82 Å². The molecule has 0 aliphatic heterocycles. The topological polar surface area (TPSA) is 0 Å². The van der Waals surface area contributed by atoms with Crippen molar-refractivity contribution in [2.24, 2.45) is 0 Å². The van der Waals surface area contributed by atoms with Crippen molar-refractivity contribution in [3.63, 3.8) is 0 Å². The first-order valence-corrected chi connectivity index (χ1v) is 6.51. The predicted octanol–water partition coefficient (Wildman–Crippen LogP) is 4.95. The highest BCUT2D eigenvalue weighted by atomic mass is 19.1. The van der Waals surface area contributed by atoms with E-state index in [1.165, 1.54) is 23.3 Å². The zero-order valence-corrected chi connectivity index (χ0v) is 10.6. The van der Waals surface area contributed by atoms with Crippen LogP contribution in [0.5, 0.6) is 0 Å². The van der Waals surface area contributed by atoms with Gasteiger partial charge in [0.05, 0.1) is 0 Å². The fourth-order valence-corrected chi connectivity index (χ4v) is 2.49. The molecule has 94 valence electrons. The minimum absolute atomic E-state index is 0.185. The molecule has 0 nitrogen and oxygen atoms in total. The highest BCUT2D eigenvalue weighted by Gasteiger charge is 2.14. The molecule has 3 rings (SSSR count). The molecule has 0 saturated heterocycles. The number of halogens is 1. The minimum atomic E-state index is -0.185. The second kappa shape index (κ2) is 5.23. The van der Waals surface area contributed by atoms with Gasteiger partial charge >= 0.3 is 0 Å². The summed E-state index contributed by atoms with van der Waals surface area (Å²) in [5, 5.41) is 0. The van der Waals surface area contributed by atoms with Gasteiger partial charge in [-0.2, -0.15) is 0 Å². The van der Waals surface area contributed by atoms with Crippen molar-refractivity contribution in [3.8, 4) is 0 Å². The molecule has 19 heavy (non-hydrogen) atoms. The Morgan fingerprint density at radius 2 is 1.63 bits per heavy atom. The molecule has 0 heterocycles. The number of allylic oxidation sites excluding steroid dienone is 4. The summed E-state index contributed by atoms with van der Waals surface area (Å²) in [5.74, 6) is 0.224. The zero-order chi connectivity index (χ0) is 13.1. The number of hydrogen-bond donors (Lipinski definition) is 0. The molecule has 1 atom stereocenters. The van der Waals surface area contributed by atoms with E-state index < -0.39 is 0 Å². The molecule has 2 aromatic carbocycles. The molecular formula is C18H15F. The maximum Gasteiger partial charge on any atom is 0.123 e. The molecule has 1 aliphatic rings. The quantitative estimate of drug-likeness (QED) is 0.707. The fraction of sp³-hybridized carbons (Fsp3) is 0.111. The van der Waals surface area contributed by atoms with Crippen molar-refractivity contribution in [1.82, 2.24) is 0 Å². The molecule has 0 radical (unpaired) electrons. The SMILES string of the molecule is Fc1ccc(C2=CC=CC(c3ccccc3)C2)cc1. The molecule has 0 bridgehead atoms. The van der Waals surface area contributed by atoms with Crippen molar-refractivity contribution in [2.45, 2.75) is 12.3 Å². The molecule has 0 aromatic heterocycles. The van der Waals surface area contributed by atoms with Gasteiger partial charge in [-0.3, -0.25) is 0 Å². The maximum absolute atomic E-state index is 13.0. The van der Waals surface area contributed by atoms with Gasteiger partial charge in [0, 0.05) is 5.92 Å². The normalized spacial score (nSPS) is 18.2. The van der Waals surface area contributed by atoms with Gasteiger partial charge in [-0.05, 0) is 35.3 Å². The van der Waals surface area contributed by atoms with Crippen molar-refractivity contribution in [3.05, 3.63) is 89.8 Å². The molecule has 0 fully saturated rings. The van der Waals surface area contributed by atoms with E-state index in [2.05, 4.69) is 42.5 Å². The Labute approximate surface area is 112 Å². The van der Waals surface area contributed by atoms with Crippen LogP contribution in [0.25, 0.3) is 5.57 Å². The first kappa shape index (κ1) is 11.9. The van der Waals surface area contributed by atoms with Crippen LogP contribution in [0.3, 0.4) is 0 Å². The summed E-state index contributed by atoms with van der Waals surface area (Å²) in [6.07, 6.45) is 7.40. The van der Waals surface area contributed by atoms with Crippen LogP contribution in [0, 0.1) is 5.82 Å². The van der Waals surface area contributed by atoms with Crippen LogP contribution in [0.4, 0.5) is 4.39 Å². The van der Waals surface area contributed by atoms with Crippen molar-refractivity contribution >= 4 is 5.57 Å². The third-order valence-electron chi connectivity index (χ3n) is 3.52. The predicted molar refractivity (Wildman–Crippen MR) is 77.3 cm³/mol. The highest BCUT2D eigenvalue weighted by Crippen LogP contribution is 2.33. The van der Waals surface area contributed by atoms with Gasteiger partial charge in [0.2, 0.25) is 0 Å². The van der Waals surface area contributed by atoms with Crippen LogP contribution >= 0.6 is 0 Å². The van der Waals surface area contributed by atoms with Crippen molar-refractivity contribution in [2.75, 3.05) is 0 Å². The first-order chi connectivity index (χ1) is 9.33. The second-order valence-electron chi connectivity index (χ2n) is 4.80. The van der Waals surface area contributed by atoms with Gasteiger partial charge < -0.3 is 0 Å². The van der Waals surface area contributed by atoms with Crippen molar-refractivity contribution < 1.29 is 4.39 Å². The Kier molecular flexibility index (Phi) is 3.28. The summed E-state index contributed by atoms with van der Waals surface area (Å²) in [7, 11) is 0. The van der Waals surface area contributed by atoms with Crippen LogP contribution in [-0.2, 0) is 0 Å². The molecule has 1 aliphatic carbocycles. The van der Waals surface area contributed by atoms with E-state index in [4.69, 9.17) is 0 Å². The highest BCUT2D eigenvalue weighted by molar-refractivity contribution is 5.69. The van der Waals surface area contributed by atoms with E-state index >= 15 is 0 Å². The maximum atomic E-state index is 13.0. The Morgan fingerprint density at radius 3 is 2.37 bits per heavy atom. The monoisotopic (exact) mass is 250 g/mol. The van der Waals surface area contributed by atoms with E-state index in [0.717, 1.165) is 12.0 Å². The Balaban J connectivity index is 1.84. The molecule has 1 unspecified atom stereocenters. The van der Waals surface area contributed by atoms with E-state index in [-0.39, 0.29) is 5.82 Å². The van der Waals surface area contributed by atoms with Crippen LogP contribution in [0.2, 0.25) is 0 Å². The van der Waals surface area contributed by atoms with Crippen LogP contribution in [0.15, 0.2) is 72.8 Å². The second-order valence-corrected chi connectivity index (χ2v) is 4.80. The van der Waals surface area contributed by atoms with Gasteiger partial charge in [0.25, 0.3) is 0 Å². The van der Waals surface area contributed by atoms with Gasteiger partial charge in [-0.15, -0.1) is 0 Å². The van der Waals surface area contributed by atoms with E-state index in [1.54, 1.807) is 0 Å². The lowest BCUT2D eigenvalue weighted by atomic mass is 9.85. The van der Waals surface area contributed by atoms with Crippen LogP contribution < -0.4 is 0 Å². The fourth-order valence-electron chi connectivity index (χ4n) is 2.49. The number of hydrogen-bond acceptors (Lipinski definition) is 0. The minimum Gasteiger partial charge on any atom is -0.207 e. The molecule has 0 saturated carbocycles. The molecule has 0 spiro atoms. The van der Waals surface area contributed by atoms with Crippen LogP contribution in [-0.4, -0.2) is 0 Å². The summed E-state index contributed by atoms with van der Waals surface area (Å²) in [6, 6.07) is 17.2. The summed E-state index contributed by atoms with van der Waals surface area (Å²) < 4.78 is 13.0. The lowest BCUT2D eigenvalue weighted by molar-refractivity contribution is 0.627. The van der Waals surface area contributed by atoms with Crippen LogP contribution in [0.1, 0.15) is 23.5 Å². The molecule has 0 N–H and O–H groups in total.